The zero-order valence-electron chi connectivity index (χ0n) is 13.3. The van der Waals surface area contributed by atoms with E-state index in [1.807, 2.05) is 11.2 Å². The fraction of sp³-hybridized carbons (Fsp3) is 0.588. The van der Waals surface area contributed by atoms with E-state index in [9.17, 15) is 4.79 Å². The lowest BCUT2D eigenvalue weighted by atomic mass is 10.0. The first kappa shape index (κ1) is 16.2. The molecular formula is C17H26N2OS. The SMILES string of the molecule is CSCC(=O)N1CCCC(Nc2ccc(C(C)C)cc2)C1. The molecule has 0 saturated carbocycles. The van der Waals surface area contributed by atoms with Crippen molar-refractivity contribution in [3.63, 3.8) is 0 Å². The third-order valence-corrected chi connectivity index (χ3v) is 4.53. The van der Waals surface area contributed by atoms with Gasteiger partial charge in [-0.3, -0.25) is 4.79 Å². The van der Waals surface area contributed by atoms with Crippen LogP contribution in [-0.4, -0.2) is 41.9 Å². The summed E-state index contributed by atoms with van der Waals surface area (Å²) in [4.78, 5) is 14.0. The summed E-state index contributed by atoms with van der Waals surface area (Å²) >= 11 is 1.60. The van der Waals surface area contributed by atoms with E-state index in [0.717, 1.165) is 31.6 Å². The van der Waals surface area contributed by atoms with Crippen LogP contribution in [0.15, 0.2) is 24.3 Å². The van der Waals surface area contributed by atoms with Gasteiger partial charge in [-0.1, -0.05) is 26.0 Å². The summed E-state index contributed by atoms with van der Waals surface area (Å²) in [6, 6.07) is 9.05. The van der Waals surface area contributed by atoms with E-state index in [2.05, 4.69) is 43.4 Å². The molecule has 0 radical (unpaired) electrons. The van der Waals surface area contributed by atoms with Crippen LogP contribution in [0.4, 0.5) is 5.69 Å². The summed E-state index contributed by atoms with van der Waals surface area (Å²) < 4.78 is 0. The minimum Gasteiger partial charge on any atom is -0.381 e. The Kier molecular flexibility index (Phi) is 5.97. The van der Waals surface area contributed by atoms with Gasteiger partial charge in [0.15, 0.2) is 0 Å². The van der Waals surface area contributed by atoms with Gasteiger partial charge < -0.3 is 10.2 Å². The van der Waals surface area contributed by atoms with Crippen LogP contribution in [0.1, 0.15) is 38.2 Å². The molecule has 1 unspecified atom stereocenters. The number of hydrogen-bond donors (Lipinski definition) is 1. The Balaban J connectivity index is 1.91. The molecule has 21 heavy (non-hydrogen) atoms. The van der Waals surface area contributed by atoms with Crippen molar-refractivity contribution in [1.82, 2.24) is 4.90 Å². The third kappa shape index (κ3) is 4.67. The first-order valence-electron chi connectivity index (χ1n) is 7.73. The molecule has 1 aliphatic heterocycles. The molecule has 0 bridgehead atoms. The molecule has 1 fully saturated rings. The largest absolute Gasteiger partial charge is 0.381 e. The van der Waals surface area contributed by atoms with Crippen LogP contribution in [0.25, 0.3) is 0 Å². The number of amides is 1. The van der Waals surface area contributed by atoms with Crippen LogP contribution in [0.5, 0.6) is 0 Å². The maximum atomic E-state index is 12.0. The standard InChI is InChI=1S/C17H26N2OS/c1-13(2)14-6-8-15(9-7-14)18-16-5-4-10-19(11-16)17(20)12-21-3/h6-9,13,16,18H,4-5,10-12H2,1-3H3. The van der Waals surface area contributed by atoms with E-state index < -0.39 is 0 Å². The van der Waals surface area contributed by atoms with Crippen LogP contribution < -0.4 is 5.32 Å². The Hall–Kier alpha value is -1.16. The maximum Gasteiger partial charge on any atom is 0.232 e. The number of nitrogens with zero attached hydrogens (tertiary/aromatic N) is 1. The molecule has 1 aliphatic rings. The first-order valence-corrected chi connectivity index (χ1v) is 9.12. The summed E-state index contributed by atoms with van der Waals surface area (Å²) in [6.07, 6.45) is 4.20. The number of carbonyl (C=O) groups excluding carboxylic acids is 1. The Morgan fingerprint density at radius 3 is 2.71 bits per heavy atom. The van der Waals surface area contributed by atoms with Crippen molar-refractivity contribution in [3.8, 4) is 0 Å². The number of thioether (sulfide) groups is 1. The van der Waals surface area contributed by atoms with Gasteiger partial charge in [-0.25, -0.2) is 0 Å². The Morgan fingerprint density at radius 1 is 1.38 bits per heavy atom. The van der Waals surface area contributed by atoms with Crippen LogP contribution in [0, 0.1) is 0 Å². The number of piperidine rings is 1. The van der Waals surface area contributed by atoms with Crippen molar-refractivity contribution in [1.29, 1.82) is 0 Å². The van der Waals surface area contributed by atoms with E-state index in [0.29, 0.717) is 17.7 Å². The van der Waals surface area contributed by atoms with Gasteiger partial charge in [-0.05, 0) is 42.7 Å². The van der Waals surface area contributed by atoms with Crippen molar-refractivity contribution < 1.29 is 4.79 Å². The molecule has 1 atom stereocenters. The van der Waals surface area contributed by atoms with Crippen molar-refractivity contribution >= 4 is 23.4 Å². The van der Waals surface area contributed by atoms with Gasteiger partial charge in [0.05, 0.1) is 5.75 Å². The second-order valence-electron chi connectivity index (χ2n) is 6.03. The summed E-state index contributed by atoms with van der Waals surface area (Å²) in [5, 5.41) is 3.57. The molecule has 1 saturated heterocycles. The fourth-order valence-corrected chi connectivity index (χ4v) is 3.17. The van der Waals surface area contributed by atoms with Gasteiger partial charge in [-0.2, -0.15) is 11.8 Å². The highest BCUT2D eigenvalue weighted by Crippen LogP contribution is 2.20. The molecule has 1 aromatic rings. The quantitative estimate of drug-likeness (QED) is 0.902. The molecule has 2 rings (SSSR count). The van der Waals surface area contributed by atoms with Crippen LogP contribution in [-0.2, 0) is 4.79 Å². The zero-order chi connectivity index (χ0) is 15.2. The van der Waals surface area contributed by atoms with E-state index >= 15 is 0 Å². The predicted octanol–water partition coefficient (Wildman–Crippen LogP) is 3.58. The lowest BCUT2D eigenvalue weighted by Crippen LogP contribution is -2.45. The molecular weight excluding hydrogens is 280 g/mol. The lowest BCUT2D eigenvalue weighted by molar-refractivity contribution is -0.129. The molecule has 1 N–H and O–H groups in total. The highest BCUT2D eigenvalue weighted by molar-refractivity contribution is 7.99. The van der Waals surface area contributed by atoms with E-state index in [1.165, 1.54) is 5.56 Å². The van der Waals surface area contributed by atoms with Gasteiger partial charge >= 0.3 is 0 Å². The van der Waals surface area contributed by atoms with Crippen LogP contribution >= 0.6 is 11.8 Å². The Bertz CT molecular complexity index is 458. The van der Waals surface area contributed by atoms with Crippen molar-refractivity contribution in [2.24, 2.45) is 0 Å². The molecule has 0 spiro atoms. The van der Waals surface area contributed by atoms with E-state index in [-0.39, 0.29) is 5.91 Å². The molecule has 0 aromatic heterocycles. The normalized spacial score (nSPS) is 18.9. The van der Waals surface area contributed by atoms with Crippen molar-refractivity contribution in [2.75, 3.05) is 30.4 Å². The molecule has 4 heteroatoms. The zero-order valence-corrected chi connectivity index (χ0v) is 14.1. The third-order valence-electron chi connectivity index (χ3n) is 3.99. The van der Waals surface area contributed by atoms with E-state index in [4.69, 9.17) is 0 Å². The topological polar surface area (TPSA) is 32.3 Å². The summed E-state index contributed by atoms with van der Waals surface area (Å²) in [7, 11) is 0. The van der Waals surface area contributed by atoms with Crippen molar-refractivity contribution in [3.05, 3.63) is 29.8 Å². The number of carbonyl (C=O) groups is 1. The number of nitrogens with one attached hydrogen (secondary N) is 1. The molecule has 1 heterocycles. The Labute approximate surface area is 132 Å². The van der Waals surface area contributed by atoms with Gasteiger partial charge in [0.25, 0.3) is 0 Å². The number of likely N-dealkylation sites (tertiary alicyclic amines) is 1. The monoisotopic (exact) mass is 306 g/mol. The van der Waals surface area contributed by atoms with Crippen LogP contribution in [0.2, 0.25) is 0 Å². The summed E-state index contributed by atoms with van der Waals surface area (Å²) in [5.41, 5.74) is 2.52. The van der Waals surface area contributed by atoms with Gasteiger partial charge in [-0.15, -0.1) is 0 Å². The average molecular weight is 306 g/mol. The highest BCUT2D eigenvalue weighted by Gasteiger charge is 2.23. The van der Waals surface area contributed by atoms with E-state index in [1.54, 1.807) is 11.8 Å². The molecule has 3 nitrogen and oxygen atoms in total. The van der Waals surface area contributed by atoms with Gasteiger partial charge in [0, 0.05) is 24.8 Å². The number of rotatable bonds is 5. The van der Waals surface area contributed by atoms with Gasteiger partial charge in [0.2, 0.25) is 5.91 Å². The predicted molar refractivity (Wildman–Crippen MR) is 92.1 cm³/mol. The van der Waals surface area contributed by atoms with Crippen molar-refractivity contribution in [2.45, 2.75) is 38.6 Å². The summed E-state index contributed by atoms with van der Waals surface area (Å²) in [6.45, 7) is 6.15. The molecule has 116 valence electrons. The number of anilines is 1. The number of benzene rings is 1. The second kappa shape index (κ2) is 7.74. The number of hydrogen-bond acceptors (Lipinski definition) is 3. The molecule has 1 aromatic carbocycles. The minimum atomic E-state index is 0.268. The lowest BCUT2D eigenvalue weighted by Gasteiger charge is -2.33. The average Bonchev–Trinajstić information content (AvgIpc) is 2.48. The minimum absolute atomic E-state index is 0.268. The highest BCUT2D eigenvalue weighted by atomic mass is 32.2. The summed E-state index contributed by atoms with van der Waals surface area (Å²) in [5.74, 6) is 1.42. The first-order chi connectivity index (χ1) is 10.1. The Morgan fingerprint density at radius 2 is 2.10 bits per heavy atom. The van der Waals surface area contributed by atoms with Gasteiger partial charge in [0.1, 0.15) is 0 Å². The fourth-order valence-electron chi connectivity index (χ4n) is 2.74. The second-order valence-corrected chi connectivity index (χ2v) is 6.90. The van der Waals surface area contributed by atoms with Crippen LogP contribution in [0.3, 0.4) is 0 Å². The molecule has 0 aliphatic carbocycles. The molecule has 1 amide bonds. The maximum absolute atomic E-state index is 12.0. The smallest absolute Gasteiger partial charge is 0.232 e.